The van der Waals surface area contributed by atoms with Crippen LogP contribution in [0.2, 0.25) is 0 Å². The molecule has 0 aromatic heterocycles. The molecule has 1 fully saturated rings. The van der Waals surface area contributed by atoms with Gasteiger partial charge in [0.25, 0.3) is 5.91 Å². The van der Waals surface area contributed by atoms with Crippen molar-refractivity contribution >= 4 is 11.6 Å². The summed E-state index contributed by atoms with van der Waals surface area (Å²) in [4.78, 5) is 17.3. The normalized spacial score (nSPS) is 14.7. The molecule has 0 aliphatic carbocycles. The molecular weight excluding hydrogens is 412 g/mol. The highest BCUT2D eigenvalue weighted by atomic mass is 16.5. The average Bonchev–Trinajstić information content (AvgIpc) is 2.83. The van der Waals surface area contributed by atoms with Crippen molar-refractivity contribution in [1.29, 1.82) is 0 Å². The number of carbonyl (C=O) groups excluding carboxylic acids is 1. The van der Waals surface area contributed by atoms with Crippen LogP contribution in [0.5, 0.6) is 11.5 Å². The van der Waals surface area contributed by atoms with Crippen molar-refractivity contribution in [3.63, 3.8) is 0 Å². The Morgan fingerprint density at radius 1 is 0.939 bits per heavy atom. The Labute approximate surface area is 196 Å². The minimum atomic E-state index is 0.0190. The highest BCUT2D eigenvalue weighted by Crippen LogP contribution is 2.27. The summed E-state index contributed by atoms with van der Waals surface area (Å²) in [6, 6.07) is 26.5. The number of para-hydroxylation sites is 1. The van der Waals surface area contributed by atoms with Gasteiger partial charge < -0.3 is 14.4 Å². The Morgan fingerprint density at radius 2 is 1.64 bits per heavy atom. The number of hydrogen-bond donors (Lipinski definition) is 0. The summed E-state index contributed by atoms with van der Waals surface area (Å²) >= 11 is 0. The number of carbonyl (C=O) groups is 1. The summed E-state index contributed by atoms with van der Waals surface area (Å²) in [7, 11) is 1.57. The first-order valence-electron chi connectivity index (χ1n) is 11.5. The van der Waals surface area contributed by atoms with E-state index in [1.165, 1.54) is 11.1 Å². The molecule has 1 aliphatic heterocycles. The number of ether oxygens (including phenoxy) is 2. The Morgan fingerprint density at radius 3 is 2.33 bits per heavy atom. The average molecular weight is 445 g/mol. The van der Waals surface area contributed by atoms with Crippen LogP contribution in [0.15, 0.2) is 78.9 Å². The number of hydrogen-bond acceptors (Lipinski definition) is 4. The first-order chi connectivity index (χ1) is 16.1. The topological polar surface area (TPSA) is 42.0 Å². The van der Waals surface area contributed by atoms with Gasteiger partial charge >= 0.3 is 0 Å². The van der Waals surface area contributed by atoms with E-state index in [1.807, 2.05) is 59.5 Å². The van der Waals surface area contributed by atoms with E-state index in [0.29, 0.717) is 0 Å². The molecule has 0 saturated carbocycles. The van der Waals surface area contributed by atoms with Crippen molar-refractivity contribution in [2.45, 2.75) is 32.4 Å². The molecule has 0 N–H and O–H groups in total. The lowest BCUT2D eigenvalue weighted by atomic mass is 10.0. The molecule has 0 radical (unpaired) electrons. The summed E-state index contributed by atoms with van der Waals surface area (Å²) < 4.78 is 11.1. The maximum absolute atomic E-state index is 12.9. The quantitative estimate of drug-likeness (QED) is 0.465. The minimum Gasteiger partial charge on any atom is -0.457 e. The van der Waals surface area contributed by atoms with Crippen molar-refractivity contribution in [3.05, 3.63) is 90.0 Å². The number of piperidine rings is 1. The third-order valence-electron chi connectivity index (χ3n) is 6.05. The number of likely N-dealkylation sites (tertiary alicyclic amines) is 1. The lowest BCUT2D eigenvalue weighted by Crippen LogP contribution is -2.48. The number of aryl methyl sites for hydroxylation is 1. The van der Waals surface area contributed by atoms with Crippen molar-refractivity contribution < 1.29 is 14.3 Å². The molecule has 4 rings (SSSR count). The van der Waals surface area contributed by atoms with Crippen molar-refractivity contribution in [1.82, 2.24) is 4.90 Å². The predicted octanol–water partition coefficient (Wildman–Crippen LogP) is 5.43. The summed E-state index contributed by atoms with van der Waals surface area (Å²) in [5.74, 6) is 1.71. The van der Waals surface area contributed by atoms with Crippen LogP contribution in [-0.2, 0) is 16.1 Å². The molecule has 172 valence electrons. The maximum Gasteiger partial charge on any atom is 0.253 e. The second-order valence-corrected chi connectivity index (χ2v) is 8.60. The van der Waals surface area contributed by atoms with Gasteiger partial charge in [0.15, 0.2) is 0 Å². The van der Waals surface area contributed by atoms with E-state index in [9.17, 15) is 4.79 Å². The summed E-state index contributed by atoms with van der Waals surface area (Å²) in [6.45, 7) is 4.91. The Bertz CT molecular complexity index is 1030. The Hall–Kier alpha value is -3.15. The summed E-state index contributed by atoms with van der Waals surface area (Å²) in [6.07, 6.45) is 1.87. The predicted molar refractivity (Wildman–Crippen MR) is 132 cm³/mol. The monoisotopic (exact) mass is 444 g/mol. The Balaban J connectivity index is 1.38. The van der Waals surface area contributed by atoms with Gasteiger partial charge in [0.05, 0.1) is 0 Å². The van der Waals surface area contributed by atoms with E-state index in [4.69, 9.17) is 9.47 Å². The highest BCUT2D eigenvalue weighted by molar-refractivity contribution is 5.94. The molecular formula is C28H32N2O3. The molecule has 0 unspecified atom stereocenters. The molecule has 5 nitrogen and oxygen atoms in total. The van der Waals surface area contributed by atoms with Crippen LogP contribution < -0.4 is 9.64 Å². The zero-order valence-corrected chi connectivity index (χ0v) is 19.4. The minimum absolute atomic E-state index is 0.0190. The van der Waals surface area contributed by atoms with E-state index < -0.39 is 0 Å². The fourth-order valence-corrected chi connectivity index (χ4v) is 4.38. The standard InChI is InChI=1S/C28H32N2O3/c1-22-11-13-24(14-12-22)30(28(31)21-32-2)25-15-17-29(18-16-25)20-23-7-6-10-27(19-23)33-26-8-4-3-5-9-26/h3-14,19,25H,15-18,20-21H2,1-2H3. The fraction of sp³-hybridized carbons (Fsp3) is 0.321. The first kappa shape index (κ1) is 23.0. The van der Waals surface area contributed by atoms with Crippen LogP contribution in [0.4, 0.5) is 5.69 Å². The van der Waals surface area contributed by atoms with Gasteiger partial charge in [-0.05, 0) is 61.7 Å². The summed E-state index contributed by atoms with van der Waals surface area (Å²) in [5.41, 5.74) is 3.37. The van der Waals surface area contributed by atoms with Gasteiger partial charge in [-0.2, -0.15) is 0 Å². The summed E-state index contributed by atoms with van der Waals surface area (Å²) in [5, 5.41) is 0. The molecule has 1 saturated heterocycles. The number of rotatable bonds is 8. The van der Waals surface area contributed by atoms with Crippen LogP contribution in [0.3, 0.4) is 0 Å². The molecule has 0 bridgehead atoms. The van der Waals surface area contributed by atoms with E-state index in [-0.39, 0.29) is 18.6 Å². The lowest BCUT2D eigenvalue weighted by Gasteiger charge is -2.38. The van der Waals surface area contributed by atoms with Crippen LogP contribution in [0, 0.1) is 6.92 Å². The second kappa shape index (κ2) is 11.1. The number of methoxy groups -OCH3 is 1. The molecule has 3 aromatic carbocycles. The highest BCUT2D eigenvalue weighted by Gasteiger charge is 2.29. The van der Waals surface area contributed by atoms with Gasteiger partial charge in [-0.1, -0.05) is 48.0 Å². The van der Waals surface area contributed by atoms with Gasteiger partial charge in [-0.25, -0.2) is 0 Å². The zero-order valence-electron chi connectivity index (χ0n) is 19.4. The van der Waals surface area contributed by atoms with Gasteiger partial charge in [-0.15, -0.1) is 0 Å². The third-order valence-corrected chi connectivity index (χ3v) is 6.05. The maximum atomic E-state index is 12.9. The molecule has 33 heavy (non-hydrogen) atoms. The number of benzene rings is 3. The van der Waals surface area contributed by atoms with E-state index in [0.717, 1.165) is 49.7 Å². The van der Waals surface area contributed by atoms with Gasteiger partial charge in [-0.3, -0.25) is 9.69 Å². The van der Waals surface area contributed by atoms with Crippen molar-refractivity contribution in [2.75, 3.05) is 31.7 Å². The van der Waals surface area contributed by atoms with Crippen LogP contribution >= 0.6 is 0 Å². The number of nitrogens with zero attached hydrogens (tertiary/aromatic N) is 2. The molecule has 1 amide bonds. The largest absolute Gasteiger partial charge is 0.457 e. The van der Waals surface area contributed by atoms with Crippen LogP contribution in [-0.4, -0.2) is 43.7 Å². The van der Waals surface area contributed by atoms with Crippen molar-refractivity contribution in [2.24, 2.45) is 0 Å². The lowest BCUT2D eigenvalue weighted by molar-refractivity contribution is -0.122. The first-order valence-corrected chi connectivity index (χ1v) is 11.5. The fourth-order valence-electron chi connectivity index (χ4n) is 4.38. The molecule has 3 aromatic rings. The number of amides is 1. The van der Waals surface area contributed by atoms with E-state index in [1.54, 1.807) is 7.11 Å². The van der Waals surface area contributed by atoms with E-state index >= 15 is 0 Å². The zero-order chi connectivity index (χ0) is 23.0. The van der Waals surface area contributed by atoms with E-state index in [2.05, 4.69) is 36.1 Å². The number of anilines is 1. The van der Waals surface area contributed by atoms with Gasteiger partial charge in [0.2, 0.25) is 0 Å². The Kier molecular flexibility index (Phi) is 7.76. The molecule has 5 heteroatoms. The SMILES string of the molecule is COCC(=O)N(c1ccc(C)cc1)C1CCN(Cc2cccc(Oc3ccccc3)c2)CC1. The molecule has 1 aliphatic rings. The molecule has 1 heterocycles. The van der Waals surface area contributed by atoms with Gasteiger partial charge in [0, 0.05) is 38.5 Å². The smallest absolute Gasteiger partial charge is 0.253 e. The van der Waals surface area contributed by atoms with Crippen molar-refractivity contribution in [3.8, 4) is 11.5 Å². The molecule has 0 atom stereocenters. The molecule has 0 spiro atoms. The van der Waals surface area contributed by atoms with Crippen LogP contribution in [0.1, 0.15) is 24.0 Å². The van der Waals surface area contributed by atoms with Crippen LogP contribution in [0.25, 0.3) is 0 Å². The second-order valence-electron chi connectivity index (χ2n) is 8.60. The third kappa shape index (κ3) is 6.21. The van der Waals surface area contributed by atoms with Gasteiger partial charge in [0.1, 0.15) is 18.1 Å².